The molecular weight excluding hydrogens is 245 g/mol. The summed E-state index contributed by atoms with van der Waals surface area (Å²) >= 11 is 0. The molecular formula is C8H9F3N2O2S. The van der Waals surface area contributed by atoms with Crippen LogP contribution in [0.25, 0.3) is 0 Å². The van der Waals surface area contributed by atoms with Gasteiger partial charge in [0.2, 0.25) is 10.0 Å². The molecule has 0 unspecified atom stereocenters. The molecule has 0 aromatic heterocycles. The fraction of sp³-hybridized carbons (Fsp3) is 0.250. The Kier molecular flexibility index (Phi) is 3.76. The molecule has 0 radical (unpaired) electrons. The molecule has 3 N–H and O–H groups in total. The van der Waals surface area contributed by atoms with Crippen LogP contribution in [0.3, 0.4) is 0 Å². The van der Waals surface area contributed by atoms with Gasteiger partial charge >= 0.3 is 0 Å². The molecule has 0 aliphatic heterocycles. The van der Waals surface area contributed by atoms with Crippen molar-refractivity contribution in [3.05, 3.63) is 29.6 Å². The molecule has 90 valence electrons. The minimum Gasteiger partial charge on any atom is -0.384 e. The minimum atomic E-state index is -3.65. The van der Waals surface area contributed by atoms with Crippen LogP contribution in [-0.4, -0.2) is 20.7 Å². The molecule has 4 nitrogen and oxygen atoms in total. The summed E-state index contributed by atoms with van der Waals surface area (Å²) in [5.74, 6) is -4.67. The number of benzene rings is 1. The molecule has 0 saturated carbocycles. The van der Waals surface area contributed by atoms with Crippen LogP contribution in [0.2, 0.25) is 0 Å². The minimum absolute atomic E-state index is 0.0555. The Morgan fingerprint density at radius 3 is 2.12 bits per heavy atom. The van der Waals surface area contributed by atoms with E-state index in [-0.39, 0.29) is 12.2 Å². The number of hydrogen-bond acceptors (Lipinski definition) is 3. The predicted octanol–water partition coefficient (Wildman–Crippen LogP) is 0.804. The highest BCUT2D eigenvalue weighted by molar-refractivity contribution is 7.89. The van der Waals surface area contributed by atoms with E-state index in [2.05, 4.69) is 5.32 Å². The summed E-state index contributed by atoms with van der Waals surface area (Å²) in [5, 5.41) is 7.11. The van der Waals surface area contributed by atoms with Crippen molar-refractivity contribution in [3.63, 3.8) is 0 Å². The van der Waals surface area contributed by atoms with E-state index in [4.69, 9.17) is 5.14 Å². The maximum Gasteiger partial charge on any atom is 0.210 e. The van der Waals surface area contributed by atoms with Crippen molar-refractivity contribution < 1.29 is 21.6 Å². The lowest BCUT2D eigenvalue weighted by molar-refractivity contribution is 0.448. The maximum absolute atomic E-state index is 12.7. The summed E-state index contributed by atoms with van der Waals surface area (Å²) in [4.78, 5) is 0. The van der Waals surface area contributed by atoms with Gasteiger partial charge in [0, 0.05) is 24.4 Å². The molecule has 1 rings (SSSR count). The van der Waals surface area contributed by atoms with Gasteiger partial charge in [-0.3, -0.25) is 0 Å². The van der Waals surface area contributed by atoms with Crippen molar-refractivity contribution in [2.45, 2.75) is 0 Å². The van der Waals surface area contributed by atoms with Gasteiger partial charge in [0.25, 0.3) is 0 Å². The number of hydrogen-bond donors (Lipinski definition) is 2. The van der Waals surface area contributed by atoms with Crippen LogP contribution in [0.5, 0.6) is 0 Å². The molecule has 0 aliphatic rings. The van der Waals surface area contributed by atoms with Crippen molar-refractivity contribution >= 4 is 15.7 Å². The van der Waals surface area contributed by atoms with Crippen molar-refractivity contribution in [1.29, 1.82) is 0 Å². The zero-order valence-corrected chi connectivity index (χ0v) is 8.82. The van der Waals surface area contributed by atoms with Gasteiger partial charge in [-0.2, -0.15) is 0 Å². The van der Waals surface area contributed by atoms with Gasteiger partial charge in [-0.15, -0.1) is 0 Å². The molecule has 0 spiro atoms. The first kappa shape index (κ1) is 12.8. The second-order valence-corrected chi connectivity index (χ2v) is 4.78. The van der Waals surface area contributed by atoms with Gasteiger partial charge in [0.05, 0.1) is 5.75 Å². The molecule has 0 atom stereocenters. The lowest BCUT2D eigenvalue weighted by Crippen LogP contribution is -2.22. The van der Waals surface area contributed by atoms with Crippen LogP contribution in [0.4, 0.5) is 18.9 Å². The Labute approximate surface area is 90.3 Å². The molecule has 0 heterocycles. The highest BCUT2D eigenvalue weighted by atomic mass is 32.2. The topological polar surface area (TPSA) is 72.2 Å². The summed E-state index contributed by atoms with van der Waals surface area (Å²) in [6.07, 6.45) is 0. The van der Waals surface area contributed by atoms with Crippen molar-refractivity contribution in [1.82, 2.24) is 0 Å². The third-order valence-corrected chi connectivity index (χ3v) is 2.47. The van der Waals surface area contributed by atoms with Crippen LogP contribution in [0.1, 0.15) is 0 Å². The fourth-order valence-electron chi connectivity index (χ4n) is 0.995. The first-order valence-corrected chi connectivity index (χ1v) is 5.90. The summed E-state index contributed by atoms with van der Waals surface area (Å²) < 4.78 is 59.0. The molecule has 1 aromatic carbocycles. The van der Waals surface area contributed by atoms with Gasteiger partial charge < -0.3 is 5.32 Å². The summed E-state index contributed by atoms with van der Waals surface area (Å²) in [7, 11) is -3.65. The van der Waals surface area contributed by atoms with E-state index in [1.54, 1.807) is 0 Å². The second kappa shape index (κ2) is 4.71. The number of primary sulfonamides is 1. The van der Waals surface area contributed by atoms with Crippen LogP contribution in [0.15, 0.2) is 12.1 Å². The molecule has 0 bridgehead atoms. The van der Waals surface area contributed by atoms with Gasteiger partial charge in [0.1, 0.15) is 0 Å². The zero-order valence-electron chi connectivity index (χ0n) is 8.00. The molecule has 0 saturated heterocycles. The number of rotatable bonds is 4. The summed E-state index contributed by atoms with van der Waals surface area (Å²) in [5.41, 5.74) is -0.0555. The van der Waals surface area contributed by atoms with Crippen molar-refractivity contribution in [2.24, 2.45) is 5.14 Å². The molecule has 0 fully saturated rings. The standard InChI is InChI=1S/C8H9F3N2O2S/c9-6-3-5(4-7(10)8(6)11)13-1-2-16(12,14)15/h3-4,13H,1-2H2,(H2,12,14,15). The normalized spacial score (nSPS) is 11.5. The number of anilines is 1. The predicted molar refractivity (Wildman–Crippen MR) is 52.8 cm³/mol. The van der Waals surface area contributed by atoms with Crippen LogP contribution in [-0.2, 0) is 10.0 Å². The van der Waals surface area contributed by atoms with E-state index in [1.165, 1.54) is 0 Å². The third kappa shape index (κ3) is 3.70. The number of nitrogens with one attached hydrogen (secondary N) is 1. The Balaban J connectivity index is 2.69. The van der Waals surface area contributed by atoms with E-state index in [0.29, 0.717) is 0 Å². The molecule has 8 heteroatoms. The molecule has 0 amide bonds. The van der Waals surface area contributed by atoms with Gasteiger partial charge in [-0.05, 0) is 0 Å². The van der Waals surface area contributed by atoms with Crippen molar-refractivity contribution in [3.8, 4) is 0 Å². The van der Waals surface area contributed by atoms with Gasteiger partial charge in [-0.1, -0.05) is 0 Å². The summed E-state index contributed by atoms with van der Waals surface area (Å²) in [6, 6.07) is 1.45. The lowest BCUT2D eigenvalue weighted by atomic mass is 10.3. The second-order valence-electron chi connectivity index (χ2n) is 3.05. The Bertz CT molecular complexity index is 467. The zero-order chi connectivity index (χ0) is 12.3. The SMILES string of the molecule is NS(=O)(=O)CCNc1cc(F)c(F)c(F)c1. The van der Waals surface area contributed by atoms with E-state index >= 15 is 0 Å². The number of nitrogens with two attached hydrogens (primary N) is 1. The number of halogens is 3. The largest absolute Gasteiger partial charge is 0.384 e. The van der Waals surface area contributed by atoms with Crippen molar-refractivity contribution in [2.75, 3.05) is 17.6 Å². The third-order valence-electron chi connectivity index (χ3n) is 1.70. The first-order chi connectivity index (χ1) is 7.29. The Hall–Kier alpha value is -1.28. The fourth-order valence-corrected chi connectivity index (χ4v) is 1.38. The first-order valence-electron chi connectivity index (χ1n) is 4.18. The van der Waals surface area contributed by atoms with E-state index in [1.807, 2.05) is 0 Å². The highest BCUT2D eigenvalue weighted by Gasteiger charge is 2.10. The smallest absolute Gasteiger partial charge is 0.210 e. The van der Waals surface area contributed by atoms with E-state index in [0.717, 1.165) is 12.1 Å². The highest BCUT2D eigenvalue weighted by Crippen LogP contribution is 2.16. The van der Waals surface area contributed by atoms with E-state index in [9.17, 15) is 21.6 Å². The van der Waals surface area contributed by atoms with Crippen LogP contribution >= 0.6 is 0 Å². The van der Waals surface area contributed by atoms with Gasteiger partial charge in [-0.25, -0.2) is 26.7 Å². The van der Waals surface area contributed by atoms with Crippen LogP contribution < -0.4 is 10.5 Å². The monoisotopic (exact) mass is 254 g/mol. The van der Waals surface area contributed by atoms with E-state index < -0.39 is 33.2 Å². The summed E-state index contributed by atoms with van der Waals surface area (Å²) in [6.45, 7) is -0.122. The average Bonchev–Trinajstić information content (AvgIpc) is 2.12. The van der Waals surface area contributed by atoms with Gasteiger partial charge in [0.15, 0.2) is 17.5 Å². The Morgan fingerprint density at radius 1 is 1.19 bits per heavy atom. The quantitative estimate of drug-likeness (QED) is 0.781. The maximum atomic E-state index is 12.7. The average molecular weight is 254 g/mol. The van der Waals surface area contributed by atoms with Crippen LogP contribution in [0, 0.1) is 17.5 Å². The molecule has 0 aliphatic carbocycles. The molecule has 1 aromatic rings. The number of sulfonamides is 1. The molecule has 16 heavy (non-hydrogen) atoms. The lowest BCUT2D eigenvalue weighted by Gasteiger charge is -2.06. The Morgan fingerprint density at radius 2 is 1.69 bits per heavy atom.